The molecule has 5 heteroatoms. The predicted octanol–water partition coefficient (Wildman–Crippen LogP) is 2.15. The number of rotatable bonds is 2. The summed E-state index contributed by atoms with van der Waals surface area (Å²) >= 11 is 0. The van der Waals surface area contributed by atoms with Crippen LogP contribution >= 0.6 is 0 Å². The van der Waals surface area contributed by atoms with Gasteiger partial charge in [0.05, 0.1) is 6.61 Å². The number of carbonyl (C=O) groups is 1. The van der Waals surface area contributed by atoms with Crippen molar-refractivity contribution < 1.29 is 19.0 Å². The molecule has 0 aromatic carbocycles. The van der Waals surface area contributed by atoms with Crippen molar-refractivity contribution >= 4 is 6.09 Å². The Bertz CT molecular complexity index is 277. The molecule has 0 heterocycles. The van der Waals surface area contributed by atoms with E-state index < -0.39 is 24.0 Å². The molecule has 0 aromatic rings. The second kappa shape index (κ2) is 5.21. The molecule has 2 unspecified atom stereocenters. The highest BCUT2D eigenvalue weighted by molar-refractivity contribution is 5.68. The number of hydrogen-bond acceptors (Lipinski definition) is 3. The second-order valence-corrected chi connectivity index (χ2v) is 5.75. The van der Waals surface area contributed by atoms with E-state index >= 15 is 0 Å². The summed E-state index contributed by atoms with van der Waals surface area (Å²) in [5.41, 5.74) is -2.11. The van der Waals surface area contributed by atoms with Crippen molar-refractivity contribution in [2.75, 3.05) is 6.61 Å². The lowest BCUT2D eigenvalue weighted by atomic mass is 9.84. The third-order valence-electron chi connectivity index (χ3n) is 2.79. The molecule has 0 saturated heterocycles. The fraction of sp³-hybridized carbons (Fsp3) is 0.917. The van der Waals surface area contributed by atoms with Gasteiger partial charge in [-0.3, -0.25) is 0 Å². The van der Waals surface area contributed by atoms with Gasteiger partial charge in [-0.2, -0.15) is 0 Å². The number of aliphatic hydroxyl groups is 1. The Labute approximate surface area is 102 Å². The number of aliphatic hydroxyl groups excluding tert-OH is 1. The van der Waals surface area contributed by atoms with Crippen LogP contribution in [0, 0.1) is 0 Å². The highest BCUT2D eigenvalue weighted by Crippen LogP contribution is 2.31. The topological polar surface area (TPSA) is 58.6 Å². The van der Waals surface area contributed by atoms with E-state index in [2.05, 4.69) is 5.32 Å². The predicted molar refractivity (Wildman–Crippen MR) is 62.6 cm³/mol. The third-order valence-corrected chi connectivity index (χ3v) is 2.79. The van der Waals surface area contributed by atoms with E-state index in [9.17, 15) is 9.18 Å². The number of halogens is 1. The normalized spacial score (nSPS) is 29.8. The Morgan fingerprint density at radius 1 is 1.59 bits per heavy atom. The van der Waals surface area contributed by atoms with Gasteiger partial charge in [-0.05, 0) is 40.0 Å². The average molecular weight is 247 g/mol. The van der Waals surface area contributed by atoms with Crippen LogP contribution in [0.3, 0.4) is 0 Å². The zero-order valence-electron chi connectivity index (χ0n) is 10.8. The van der Waals surface area contributed by atoms with Gasteiger partial charge in [0.1, 0.15) is 11.3 Å². The molecule has 0 aromatic heterocycles. The van der Waals surface area contributed by atoms with Gasteiger partial charge in [-0.25, -0.2) is 9.18 Å². The quantitative estimate of drug-likeness (QED) is 0.786. The molecule has 2 N–H and O–H groups in total. The number of ether oxygens (including phenoxy) is 1. The minimum absolute atomic E-state index is 0.155. The maximum Gasteiger partial charge on any atom is 0.407 e. The lowest BCUT2D eigenvalue weighted by Gasteiger charge is -2.34. The summed E-state index contributed by atoms with van der Waals surface area (Å²) in [6.45, 7) is 4.85. The van der Waals surface area contributed by atoms with Crippen LogP contribution in [-0.2, 0) is 4.74 Å². The first-order chi connectivity index (χ1) is 7.74. The molecule has 1 amide bonds. The van der Waals surface area contributed by atoms with Gasteiger partial charge in [0.15, 0.2) is 0 Å². The summed E-state index contributed by atoms with van der Waals surface area (Å²) in [7, 11) is 0. The van der Waals surface area contributed by atoms with Crippen LogP contribution in [-0.4, -0.2) is 35.1 Å². The smallest absolute Gasteiger partial charge is 0.407 e. The first kappa shape index (κ1) is 14.2. The van der Waals surface area contributed by atoms with Gasteiger partial charge in [0, 0.05) is 12.5 Å². The van der Waals surface area contributed by atoms with Crippen LogP contribution in [0.25, 0.3) is 0 Å². The number of carbonyl (C=O) groups excluding carboxylic acids is 1. The highest BCUT2D eigenvalue weighted by atomic mass is 19.1. The van der Waals surface area contributed by atoms with E-state index in [0.29, 0.717) is 12.8 Å². The van der Waals surface area contributed by atoms with Crippen molar-refractivity contribution in [2.24, 2.45) is 0 Å². The minimum Gasteiger partial charge on any atom is -0.444 e. The van der Waals surface area contributed by atoms with Gasteiger partial charge < -0.3 is 15.2 Å². The number of amides is 1. The average Bonchev–Trinajstić information content (AvgIpc) is 2.14. The molecular formula is C12H22FNO3. The number of hydrogen-bond donors (Lipinski definition) is 2. The van der Waals surface area contributed by atoms with Crippen molar-refractivity contribution in [1.29, 1.82) is 0 Å². The van der Waals surface area contributed by atoms with E-state index in [1.54, 1.807) is 20.8 Å². The van der Waals surface area contributed by atoms with E-state index in [4.69, 9.17) is 9.84 Å². The van der Waals surface area contributed by atoms with Crippen molar-refractivity contribution in [3.63, 3.8) is 0 Å². The van der Waals surface area contributed by atoms with Crippen LogP contribution in [0.2, 0.25) is 0 Å². The molecule has 0 aliphatic heterocycles. The Balaban J connectivity index is 2.44. The fourth-order valence-electron chi connectivity index (χ4n) is 2.05. The third kappa shape index (κ3) is 4.89. The number of alkyl halides is 1. The highest BCUT2D eigenvalue weighted by Gasteiger charge is 2.36. The Kier molecular flexibility index (Phi) is 4.36. The van der Waals surface area contributed by atoms with Gasteiger partial charge >= 0.3 is 6.09 Å². The van der Waals surface area contributed by atoms with E-state index in [1.165, 1.54) is 0 Å². The molecule has 0 radical (unpaired) electrons. The van der Waals surface area contributed by atoms with Crippen LogP contribution in [0.4, 0.5) is 9.18 Å². The van der Waals surface area contributed by atoms with E-state index in [0.717, 1.165) is 6.42 Å². The molecule has 4 nitrogen and oxygen atoms in total. The van der Waals surface area contributed by atoms with Crippen molar-refractivity contribution in [3.8, 4) is 0 Å². The molecule has 1 fully saturated rings. The largest absolute Gasteiger partial charge is 0.444 e. The second-order valence-electron chi connectivity index (χ2n) is 5.75. The molecule has 1 aliphatic rings. The van der Waals surface area contributed by atoms with Gasteiger partial charge in [-0.1, -0.05) is 0 Å². The van der Waals surface area contributed by atoms with E-state index in [-0.39, 0.29) is 12.5 Å². The molecule has 0 bridgehead atoms. The first-order valence-electron chi connectivity index (χ1n) is 6.03. The summed E-state index contributed by atoms with van der Waals surface area (Å²) in [4.78, 5) is 11.5. The van der Waals surface area contributed by atoms with Crippen LogP contribution < -0.4 is 5.32 Å². The Morgan fingerprint density at radius 3 is 2.76 bits per heavy atom. The summed E-state index contributed by atoms with van der Waals surface area (Å²) in [6, 6.07) is -0.254. The van der Waals surface area contributed by atoms with Gasteiger partial charge in [-0.15, -0.1) is 0 Å². The monoisotopic (exact) mass is 247 g/mol. The van der Waals surface area contributed by atoms with Crippen LogP contribution in [0.5, 0.6) is 0 Å². The summed E-state index contributed by atoms with van der Waals surface area (Å²) in [6.07, 6.45) is 1.38. The lowest BCUT2D eigenvalue weighted by molar-refractivity contribution is 0.0169. The zero-order valence-corrected chi connectivity index (χ0v) is 10.8. The molecule has 1 aliphatic carbocycles. The fourth-order valence-corrected chi connectivity index (χ4v) is 2.05. The minimum atomic E-state index is -1.56. The Hall–Kier alpha value is -0.840. The molecule has 0 spiro atoms. The van der Waals surface area contributed by atoms with E-state index in [1.807, 2.05) is 0 Å². The summed E-state index contributed by atoms with van der Waals surface area (Å²) < 4.78 is 19.0. The summed E-state index contributed by atoms with van der Waals surface area (Å²) in [5, 5.41) is 11.6. The first-order valence-corrected chi connectivity index (χ1v) is 6.03. The number of alkyl carbamates (subject to hydrolysis) is 1. The van der Waals surface area contributed by atoms with Crippen LogP contribution in [0.1, 0.15) is 46.5 Å². The molecule has 1 rings (SSSR count). The Morgan fingerprint density at radius 2 is 2.24 bits per heavy atom. The van der Waals surface area contributed by atoms with Crippen molar-refractivity contribution in [3.05, 3.63) is 0 Å². The molecule has 2 atom stereocenters. The maximum atomic E-state index is 13.9. The number of nitrogens with one attached hydrogen (secondary N) is 1. The molecule has 100 valence electrons. The van der Waals surface area contributed by atoms with Gasteiger partial charge in [0.2, 0.25) is 0 Å². The molecule has 17 heavy (non-hydrogen) atoms. The molecular weight excluding hydrogens is 225 g/mol. The van der Waals surface area contributed by atoms with Crippen molar-refractivity contribution in [1.82, 2.24) is 5.32 Å². The van der Waals surface area contributed by atoms with Crippen molar-refractivity contribution in [2.45, 2.75) is 63.8 Å². The lowest BCUT2D eigenvalue weighted by Crippen LogP contribution is -2.46. The SMILES string of the molecule is CC(C)(C)OC(=O)NC1CCCC(F)(CO)C1. The molecule has 1 saturated carbocycles. The standard InChI is InChI=1S/C12H22FNO3/c1-11(2,3)17-10(16)14-9-5-4-6-12(13,7-9)8-15/h9,15H,4-8H2,1-3H3,(H,14,16). The van der Waals surface area contributed by atoms with Gasteiger partial charge in [0.25, 0.3) is 0 Å². The zero-order chi connectivity index (χ0) is 13.1. The van der Waals surface area contributed by atoms with Crippen LogP contribution in [0.15, 0.2) is 0 Å². The summed E-state index contributed by atoms with van der Waals surface area (Å²) in [5.74, 6) is 0. The maximum absolute atomic E-state index is 13.9.